The maximum absolute atomic E-state index is 13.5. The van der Waals surface area contributed by atoms with Crippen molar-refractivity contribution in [1.29, 1.82) is 5.26 Å². The van der Waals surface area contributed by atoms with Gasteiger partial charge in [0.25, 0.3) is 0 Å². The van der Waals surface area contributed by atoms with Gasteiger partial charge in [-0.2, -0.15) is 18.4 Å². The van der Waals surface area contributed by atoms with Crippen LogP contribution in [0.5, 0.6) is 0 Å². The summed E-state index contributed by atoms with van der Waals surface area (Å²) < 4.78 is 45.5. The number of nitrogens with zero attached hydrogens (tertiary/aromatic N) is 4. The zero-order valence-electron chi connectivity index (χ0n) is 16.4. The SMILES string of the molecule is CCOC(=O)c1ccc(N2CCCN(c3ccc(C#N)cc3C(F)(F)F)CC2)nc1. The number of hydrogen-bond donors (Lipinski definition) is 0. The molecule has 2 aromatic rings. The molecule has 1 fully saturated rings. The summed E-state index contributed by atoms with van der Waals surface area (Å²) in [7, 11) is 0. The molecule has 1 saturated heterocycles. The van der Waals surface area contributed by atoms with Crippen molar-refractivity contribution in [2.45, 2.75) is 19.5 Å². The lowest BCUT2D eigenvalue weighted by atomic mass is 10.1. The van der Waals surface area contributed by atoms with Gasteiger partial charge in [-0.15, -0.1) is 0 Å². The van der Waals surface area contributed by atoms with Crippen LogP contribution in [0.1, 0.15) is 34.8 Å². The predicted octanol–water partition coefficient (Wildman–Crippen LogP) is 3.87. The highest BCUT2D eigenvalue weighted by atomic mass is 19.4. The highest BCUT2D eigenvalue weighted by Crippen LogP contribution is 2.37. The molecule has 30 heavy (non-hydrogen) atoms. The Morgan fingerprint density at radius 2 is 1.90 bits per heavy atom. The van der Waals surface area contributed by atoms with E-state index in [4.69, 9.17) is 10.00 Å². The lowest BCUT2D eigenvalue weighted by Crippen LogP contribution is -2.32. The van der Waals surface area contributed by atoms with Crippen LogP contribution in [0.15, 0.2) is 36.5 Å². The molecule has 2 heterocycles. The van der Waals surface area contributed by atoms with Gasteiger partial charge in [0.05, 0.1) is 29.4 Å². The number of hydrogen-bond acceptors (Lipinski definition) is 6. The second-order valence-corrected chi connectivity index (χ2v) is 6.79. The molecule has 0 unspecified atom stereocenters. The van der Waals surface area contributed by atoms with Crippen LogP contribution in [-0.2, 0) is 10.9 Å². The monoisotopic (exact) mass is 418 g/mol. The molecule has 0 N–H and O–H groups in total. The van der Waals surface area contributed by atoms with E-state index in [9.17, 15) is 18.0 Å². The lowest BCUT2D eigenvalue weighted by Gasteiger charge is -2.27. The number of carbonyl (C=O) groups is 1. The fraction of sp³-hybridized carbons (Fsp3) is 0.381. The topological polar surface area (TPSA) is 69.5 Å². The van der Waals surface area contributed by atoms with Gasteiger partial charge in [0.1, 0.15) is 5.82 Å². The number of pyridine rings is 1. The molecule has 9 heteroatoms. The Morgan fingerprint density at radius 1 is 1.17 bits per heavy atom. The number of ether oxygens (including phenoxy) is 1. The predicted molar refractivity (Wildman–Crippen MR) is 105 cm³/mol. The molecule has 1 aromatic carbocycles. The van der Waals surface area contributed by atoms with Crippen molar-refractivity contribution in [3.63, 3.8) is 0 Å². The maximum atomic E-state index is 13.5. The summed E-state index contributed by atoms with van der Waals surface area (Å²) in [6, 6.07) is 8.77. The molecule has 158 valence electrons. The minimum absolute atomic E-state index is 0.0200. The molecule has 1 aliphatic rings. The Hall–Kier alpha value is -3.28. The van der Waals surface area contributed by atoms with Crippen LogP contribution in [0.3, 0.4) is 0 Å². The van der Waals surface area contributed by atoms with Crippen LogP contribution in [0.4, 0.5) is 24.7 Å². The molecule has 1 aromatic heterocycles. The molecule has 0 atom stereocenters. The smallest absolute Gasteiger partial charge is 0.418 e. The van der Waals surface area contributed by atoms with Crippen molar-refractivity contribution in [3.05, 3.63) is 53.2 Å². The minimum Gasteiger partial charge on any atom is -0.462 e. The Morgan fingerprint density at radius 3 is 2.53 bits per heavy atom. The summed E-state index contributed by atoms with van der Waals surface area (Å²) >= 11 is 0. The summed E-state index contributed by atoms with van der Waals surface area (Å²) in [4.78, 5) is 19.7. The number of esters is 1. The first-order valence-corrected chi connectivity index (χ1v) is 9.58. The van der Waals surface area contributed by atoms with Gasteiger partial charge in [-0.05, 0) is 43.7 Å². The van der Waals surface area contributed by atoms with Crippen molar-refractivity contribution in [1.82, 2.24) is 4.98 Å². The van der Waals surface area contributed by atoms with Crippen LogP contribution in [0.25, 0.3) is 0 Å². The van der Waals surface area contributed by atoms with E-state index in [1.807, 2.05) is 4.90 Å². The van der Waals surface area contributed by atoms with E-state index in [0.717, 1.165) is 6.07 Å². The number of halogens is 3. The number of benzene rings is 1. The maximum Gasteiger partial charge on any atom is 0.418 e. The standard InChI is InChI=1S/C21H21F3N4O2/c1-2-30-20(29)16-5-7-19(26-14-16)28-9-3-8-27(10-11-28)18-6-4-15(13-25)12-17(18)21(22,23)24/h4-7,12,14H,2-3,8-11H2,1H3. The van der Waals surface area contributed by atoms with Gasteiger partial charge in [-0.25, -0.2) is 9.78 Å². The third-order valence-electron chi connectivity index (χ3n) is 4.85. The van der Waals surface area contributed by atoms with Crippen LogP contribution in [0.2, 0.25) is 0 Å². The van der Waals surface area contributed by atoms with Gasteiger partial charge in [0, 0.05) is 38.1 Å². The highest BCUT2D eigenvalue weighted by Gasteiger charge is 2.35. The van der Waals surface area contributed by atoms with Gasteiger partial charge in [-0.1, -0.05) is 0 Å². The Balaban J connectivity index is 1.76. The molecular formula is C21H21F3N4O2. The van der Waals surface area contributed by atoms with E-state index in [1.54, 1.807) is 30.0 Å². The third-order valence-corrected chi connectivity index (χ3v) is 4.85. The molecule has 0 radical (unpaired) electrons. The first kappa shape index (κ1) is 21.4. The van der Waals surface area contributed by atoms with Crippen LogP contribution < -0.4 is 9.80 Å². The van der Waals surface area contributed by atoms with Crippen molar-refractivity contribution in [3.8, 4) is 6.07 Å². The average molecular weight is 418 g/mol. The van der Waals surface area contributed by atoms with Gasteiger partial charge in [0.15, 0.2) is 0 Å². The average Bonchev–Trinajstić information content (AvgIpc) is 2.99. The molecule has 0 aliphatic carbocycles. The number of carbonyl (C=O) groups excluding carboxylic acids is 1. The van der Waals surface area contributed by atoms with Crippen molar-refractivity contribution in [2.24, 2.45) is 0 Å². The van der Waals surface area contributed by atoms with Gasteiger partial charge in [-0.3, -0.25) is 0 Å². The number of anilines is 2. The summed E-state index contributed by atoms with van der Waals surface area (Å²) in [5, 5.41) is 8.94. The fourth-order valence-electron chi connectivity index (χ4n) is 3.40. The molecule has 0 saturated carbocycles. The van der Waals surface area contributed by atoms with E-state index in [0.29, 0.717) is 44.0 Å². The molecule has 3 rings (SSSR count). The zero-order valence-corrected chi connectivity index (χ0v) is 16.4. The number of alkyl halides is 3. The van der Waals surface area contributed by atoms with Gasteiger partial charge >= 0.3 is 12.1 Å². The van der Waals surface area contributed by atoms with Gasteiger partial charge < -0.3 is 14.5 Å². The van der Waals surface area contributed by atoms with E-state index in [-0.39, 0.29) is 17.9 Å². The quantitative estimate of drug-likeness (QED) is 0.703. The van der Waals surface area contributed by atoms with Gasteiger partial charge in [0.2, 0.25) is 0 Å². The first-order valence-electron chi connectivity index (χ1n) is 9.58. The largest absolute Gasteiger partial charge is 0.462 e. The molecule has 1 aliphatic heterocycles. The Kier molecular flexibility index (Phi) is 6.45. The number of aromatic nitrogens is 1. The summed E-state index contributed by atoms with van der Waals surface area (Å²) in [5.41, 5.74) is -0.390. The minimum atomic E-state index is -4.54. The van der Waals surface area contributed by atoms with Crippen molar-refractivity contribution < 1.29 is 22.7 Å². The van der Waals surface area contributed by atoms with Crippen molar-refractivity contribution >= 4 is 17.5 Å². The van der Waals surface area contributed by atoms with E-state index in [1.165, 1.54) is 18.3 Å². The number of nitriles is 1. The van der Waals surface area contributed by atoms with Crippen LogP contribution in [-0.4, -0.2) is 43.7 Å². The van der Waals surface area contributed by atoms with Crippen molar-refractivity contribution in [2.75, 3.05) is 42.6 Å². The zero-order chi connectivity index (χ0) is 21.7. The molecule has 6 nitrogen and oxygen atoms in total. The lowest BCUT2D eigenvalue weighted by molar-refractivity contribution is -0.137. The van der Waals surface area contributed by atoms with E-state index in [2.05, 4.69) is 4.98 Å². The Labute approximate surface area is 172 Å². The summed E-state index contributed by atoms with van der Waals surface area (Å²) in [5.74, 6) is 0.208. The third kappa shape index (κ3) is 4.82. The van der Waals surface area contributed by atoms with Crippen LogP contribution in [0, 0.1) is 11.3 Å². The first-order chi connectivity index (χ1) is 14.3. The highest BCUT2D eigenvalue weighted by molar-refractivity contribution is 5.89. The van der Waals surface area contributed by atoms with Crippen LogP contribution >= 0.6 is 0 Å². The Bertz CT molecular complexity index is 939. The fourth-order valence-corrected chi connectivity index (χ4v) is 3.40. The van der Waals surface area contributed by atoms with E-state index < -0.39 is 17.7 Å². The summed E-state index contributed by atoms with van der Waals surface area (Å²) in [6.07, 6.45) is -2.46. The molecule has 0 amide bonds. The second kappa shape index (κ2) is 9.03. The molecule has 0 spiro atoms. The second-order valence-electron chi connectivity index (χ2n) is 6.79. The molecule has 0 bridgehead atoms. The normalized spacial score (nSPS) is 14.8. The molecular weight excluding hydrogens is 397 g/mol. The van der Waals surface area contributed by atoms with E-state index >= 15 is 0 Å². The number of rotatable bonds is 4. The summed E-state index contributed by atoms with van der Waals surface area (Å²) in [6.45, 7) is 3.92.